The zero-order valence-electron chi connectivity index (χ0n) is 11.9. The number of nitriles is 1. The maximum Gasteiger partial charge on any atom is 0.247 e. The van der Waals surface area contributed by atoms with Crippen molar-refractivity contribution < 1.29 is 14.0 Å². The van der Waals surface area contributed by atoms with Crippen LogP contribution < -0.4 is 0 Å². The Bertz CT molecular complexity index is 616. The van der Waals surface area contributed by atoms with Gasteiger partial charge in [0.05, 0.1) is 6.07 Å². The Morgan fingerprint density at radius 3 is 2.50 bits per heavy atom. The highest BCUT2D eigenvalue weighted by Gasteiger charge is 2.29. The maximum absolute atomic E-state index is 12.8. The lowest BCUT2D eigenvalue weighted by atomic mass is 10.0. The van der Waals surface area contributed by atoms with E-state index < -0.39 is 17.6 Å². The van der Waals surface area contributed by atoms with E-state index in [4.69, 9.17) is 5.26 Å². The molecule has 1 fully saturated rings. The van der Waals surface area contributed by atoms with Crippen LogP contribution in [0.2, 0.25) is 0 Å². The van der Waals surface area contributed by atoms with Gasteiger partial charge in [-0.15, -0.1) is 0 Å². The molecule has 0 bridgehead atoms. The summed E-state index contributed by atoms with van der Waals surface area (Å²) in [6.07, 6.45) is 2.68. The summed E-state index contributed by atoms with van der Waals surface area (Å²) in [5.74, 6) is -1.00. The van der Waals surface area contributed by atoms with Gasteiger partial charge >= 0.3 is 0 Å². The van der Waals surface area contributed by atoms with E-state index in [1.165, 1.54) is 36.4 Å². The van der Waals surface area contributed by atoms with Crippen LogP contribution in [0.1, 0.15) is 5.56 Å². The number of carbonyl (C=O) groups is 2. The lowest BCUT2D eigenvalue weighted by molar-refractivity contribution is -0.137. The number of carbonyl (C=O) groups excluding carboxylic acids is 2. The highest BCUT2D eigenvalue weighted by atomic mass is 32.2. The molecule has 1 aromatic carbocycles. The van der Waals surface area contributed by atoms with Gasteiger partial charge in [0.2, 0.25) is 5.91 Å². The second-order valence-electron chi connectivity index (χ2n) is 4.79. The predicted octanol–water partition coefficient (Wildman–Crippen LogP) is 2.12. The molecule has 1 heterocycles. The minimum Gasteiger partial charge on any atom is -0.339 e. The van der Waals surface area contributed by atoms with Crippen molar-refractivity contribution in [1.82, 2.24) is 4.90 Å². The van der Waals surface area contributed by atoms with E-state index >= 15 is 0 Å². The standard InChI is InChI=1S/C16H15FN2O2S/c17-13-4-1-12(2-5-13)3-6-15(20)14(11-18)16(21)19-7-9-22-10-8-19/h1-6,14H,7-10H2. The number of hydrogen-bond donors (Lipinski definition) is 0. The largest absolute Gasteiger partial charge is 0.339 e. The van der Waals surface area contributed by atoms with Crippen LogP contribution in [0, 0.1) is 23.1 Å². The minimum absolute atomic E-state index is 0.364. The van der Waals surface area contributed by atoms with Crippen molar-refractivity contribution in [2.75, 3.05) is 24.6 Å². The predicted molar refractivity (Wildman–Crippen MR) is 83.4 cm³/mol. The highest BCUT2D eigenvalue weighted by Crippen LogP contribution is 2.14. The van der Waals surface area contributed by atoms with Gasteiger partial charge in [0.1, 0.15) is 5.82 Å². The van der Waals surface area contributed by atoms with Gasteiger partial charge < -0.3 is 4.90 Å². The molecule has 0 aromatic heterocycles. The highest BCUT2D eigenvalue weighted by molar-refractivity contribution is 7.99. The molecule has 2 rings (SSSR count). The average molecular weight is 318 g/mol. The Morgan fingerprint density at radius 2 is 1.91 bits per heavy atom. The Balaban J connectivity index is 2.03. The van der Waals surface area contributed by atoms with Gasteiger partial charge in [-0.2, -0.15) is 17.0 Å². The molecule has 0 radical (unpaired) electrons. The van der Waals surface area contributed by atoms with Gasteiger partial charge in [0.25, 0.3) is 0 Å². The topological polar surface area (TPSA) is 61.2 Å². The fraction of sp³-hybridized carbons (Fsp3) is 0.312. The first-order valence-electron chi connectivity index (χ1n) is 6.85. The molecule has 0 N–H and O–H groups in total. The Labute approximate surface area is 132 Å². The zero-order chi connectivity index (χ0) is 15.9. The summed E-state index contributed by atoms with van der Waals surface area (Å²) in [7, 11) is 0. The molecule has 6 heteroatoms. The SMILES string of the molecule is N#CC(C(=O)C=Cc1ccc(F)cc1)C(=O)N1CCSCC1. The van der Waals surface area contributed by atoms with E-state index in [0.29, 0.717) is 18.7 Å². The lowest BCUT2D eigenvalue weighted by Gasteiger charge is -2.27. The molecule has 0 aliphatic carbocycles. The summed E-state index contributed by atoms with van der Waals surface area (Å²) in [6, 6.07) is 7.38. The van der Waals surface area contributed by atoms with Crippen LogP contribution in [0.4, 0.5) is 4.39 Å². The fourth-order valence-corrected chi connectivity index (χ4v) is 2.96. The van der Waals surface area contributed by atoms with Crippen LogP contribution in [0.5, 0.6) is 0 Å². The molecule has 0 saturated carbocycles. The number of benzene rings is 1. The normalized spacial score (nSPS) is 16.3. The van der Waals surface area contributed by atoms with Crippen LogP contribution in [-0.4, -0.2) is 41.2 Å². The third-order valence-corrected chi connectivity index (χ3v) is 4.24. The second-order valence-corrected chi connectivity index (χ2v) is 6.01. The monoisotopic (exact) mass is 318 g/mol. The molecule has 4 nitrogen and oxygen atoms in total. The van der Waals surface area contributed by atoms with Gasteiger partial charge in [-0.25, -0.2) is 4.39 Å². The van der Waals surface area contributed by atoms with Crippen molar-refractivity contribution in [2.45, 2.75) is 0 Å². The van der Waals surface area contributed by atoms with Crippen molar-refractivity contribution in [1.29, 1.82) is 5.26 Å². The second kappa shape index (κ2) is 7.76. The zero-order valence-corrected chi connectivity index (χ0v) is 12.7. The van der Waals surface area contributed by atoms with Crippen molar-refractivity contribution in [2.24, 2.45) is 5.92 Å². The number of amides is 1. The van der Waals surface area contributed by atoms with Crippen molar-refractivity contribution in [3.63, 3.8) is 0 Å². The number of rotatable bonds is 4. The molecule has 1 atom stereocenters. The number of hydrogen-bond acceptors (Lipinski definition) is 4. The number of halogens is 1. The number of thioether (sulfide) groups is 1. The molecule has 1 aliphatic heterocycles. The Hall–Kier alpha value is -2.13. The molecule has 114 valence electrons. The van der Waals surface area contributed by atoms with Gasteiger partial charge in [0, 0.05) is 24.6 Å². The van der Waals surface area contributed by atoms with Crippen LogP contribution in [0.25, 0.3) is 6.08 Å². The van der Waals surface area contributed by atoms with E-state index in [-0.39, 0.29) is 5.82 Å². The van der Waals surface area contributed by atoms with Crippen molar-refractivity contribution in [3.8, 4) is 6.07 Å². The molecule has 0 spiro atoms. The van der Waals surface area contributed by atoms with Gasteiger partial charge in [-0.1, -0.05) is 18.2 Å². The van der Waals surface area contributed by atoms with Gasteiger partial charge in [-0.05, 0) is 23.8 Å². The first kappa shape index (κ1) is 16.2. The average Bonchev–Trinajstić information content (AvgIpc) is 2.55. The maximum atomic E-state index is 12.8. The van der Waals surface area contributed by atoms with Crippen LogP contribution in [0.15, 0.2) is 30.3 Å². The fourth-order valence-electron chi connectivity index (χ4n) is 2.06. The summed E-state index contributed by atoms with van der Waals surface area (Å²) >= 11 is 1.75. The van der Waals surface area contributed by atoms with Crippen LogP contribution in [0.3, 0.4) is 0 Å². The van der Waals surface area contributed by atoms with Gasteiger partial charge in [0.15, 0.2) is 11.7 Å². The van der Waals surface area contributed by atoms with Crippen LogP contribution >= 0.6 is 11.8 Å². The summed E-state index contributed by atoms with van der Waals surface area (Å²) < 4.78 is 12.8. The molecule has 1 unspecified atom stereocenters. The molecular weight excluding hydrogens is 303 g/mol. The summed E-state index contributed by atoms with van der Waals surface area (Å²) in [5.41, 5.74) is 0.633. The van der Waals surface area contributed by atoms with Crippen LogP contribution in [-0.2, 0) is 9.59 Å². The van der Waals surface area contributed by atoms with E-state index in [2.05, 4.69) is 0 Å². The van der Waals surface area contributed by atoms with Gasteiger partial charge in [-0.3, -0.25) is 9.59 Å². The summed E-state index contributed by atoms with van der Waals surface area (Å²) in [5, 5.41) is 9.12. The number of nitrogens with zero attached hydrogens (tertiary/aromatic N) is 2. The van der Waals surface area contributed by atoms with E-state index in [9.17, 15) is 14.0 Å². The Morgan fingerprint density at radius 1 is 1.27 bits per heavy atom. The molecule has 1 saturated heterocycles. The van der Waals surface area contributed by atoms with E-state index in [0.717, 1.165) is 11.5 Å². The first-order valence-corrected chi connectivity index (χ1v) is 8.01. The van der Waals surface area contributed by atoms with E-state index in [1.807, 2.05) is 0 Å². The summed E-state index contributed by atoms with van der Waals surface area (Å²) in [4.78, 5) is 25.8. The molecule has 1 aromatic rings. The molecule has 22 heavy (non-hydrogen) atoms. The number of allylic oxidation sites excluding steroid dienone is 1. The smallest absolute Gasteiger partial charge is 0.247 e. The first-order chi connectivity index (χ1) is 10.6. The van der Waals surface area contributed by atoms with Crippen molar-refractivity contribution >= 4 is 29.5 Å². The lowest BCUT2D eigenvalue weighted by Crippen LogP contribution is -2.43. The van der Waals surface area contributed by atoms with Crippen molar-refractivity contribution in [3.05, 3.63) is 41.7 Å². The minimum atomic E-state index is -1.31. The molecular formula is C16H15FN2O2S. The Kier molecular flexibility index (Phi) is 5.73. The molecule has 1 aliphatic rings. The van der Waals surface area contributed by atoms with E-state index in [1.54, 1.807) is 22.7 Å². The third kappa shape index (κ3) is 4.18. The summed E-state index contributed by atoms with van der Waals surface area (Å²) in [6.45, 7) is 1.13. The molecule has 1 amide bonds. The third-order valence-electron chi connectivity index (χ3n) is 3.29. The number of ketones is 1. The quantitative estimate of drug-likeness (QED) is 0.630.